The summed E-state index contributed by atoms with van der Waals surface area (Å²) in [4.78, 5) is 39.6. The zero-order chi connectivity index (χ0) is 18.6. The van der Waals surface area contributed by atoms with Crippen molar-refractivity contribution in [2.75, 3.05) is 19.5 Å². The fourth-order valence-corrected chi connectivity index (χ4v) is 2.68. The van der Waals surface area contributed by atoms with Gasteiger partial charge in [0.25, 0.3) is 0 Å². The molecule has 0 saturated carbocycles. The van der Waals surface area contributed by atoms with Crippen molar-refractivity contribution in [2.45, 2.75) is 13.8 Å². The van der Waals surface area contributed by atoms with E-state index in [1.807, 2.05) is 0 Å². The van der Waals surface area contributed by atoms with Gasteiger partial charge in [-0.2, -0.15) is 0 Å². The molecular formula is C18H18N2O5. The molecule has 0 fully saturated rings. The Kier molecular flexibility index (Phi) is 5.49. The minimum Gasteiger partial charge on any atom is -0.465 e. The second kappa shape index (κ2) is 7.57. The summed E-state index contributed by atoms with van der Waals surface area (Å²) in [5.41, 5.74) is 2.65. The van der Waals surface area contributed by atoms with Crippen LogP contribution >= 0.6 is 0 Å². The number of methoxy groups -OCH3 is 2. The molecule has 130 valence electrons. The molecule has 7 nitrogen and oxygen atoms in total. The number of carbonyl (C=O) groups is 3. The lowest BCUT2D eigenvalue weighted by molar-refractivity contribution is -0.105. The van der Waals surface area contributed by atoms with Crippen molar-refractivity contribution in [3.8, 4) is 11.1 Å². The second-order valence-corrected chi connectivity index (χ2v) is 5.23. The molecule has 1 aromatic heterocycles. The van der Waals surface area contributed by atoms with Crippen molar-refractivity contribution >= 4 is 24.0 Å². The van der Waals surface area contributed by atoms with Gasteiger partial charge in [-0.15, -0.1) is 0 Å². The Morgan fingerprint density at radius 1 is 1.04 bits per heavy atom. The molecule has 1 aromatic carbocycles. The number of nitrogens with one attached hydrogen (secondary N) is 1. The van der Waals surface area contributed by atoms with E-state index in [4.69, 9.17) is 9.47 Å². The first-order valence-electron chi connectivity index (χ1n) is 7.43. The molecule has 1 N–H and O–H groups in total. The third kappa shape index (κ3) is 3.50. The van der Waals surface area contributed by atoms with Crippen molar-refractivity contribution < 1.29 is 23.9 Å². The summed E-state index contributed by atoms with van der Waals surface area (Å²) in [7, 11) is 2.52. The quantitative estimate of drug-likeness (QED) is 0.663. The first-order valence-corrected chi connectivity index (χ1v) is 7.43. The molecule has 0 unspecified atom stereocenters. The number of rotatable bonds is 5. The Labute approximate surface area is 145 Å². The fourth-order valence-electron chi connectivity index (χ4n) is 2.68. The van der Waals surface area contributed by atoms with Gasteiger partial charge in [0.2, 0.25) is 6.41 Å². The highest BCUT2D eigenvalue weighted by Gasteiger charge is 2.27. The number of nitrogens with zero attached hydrogens (tertiary/aromatic N) is 1. The molecule has 1 amide bonds. The first kappa shape index (κ1) is 18.1. The van der Waals surface area contributed by atoms with Crippen LogP contribution in [0.4, 0.5) is 5.69 Å². The maximum absolute atomic E-state index is 12.3. The highest BCUT2D eigenvalue weighted by Crippen LogP contribution is 2.33. The summed E-state index contributed by atoms with van der Waals surface area (Å²) in [5, 5.41) is 2.54. The van der Waals surface area contributed by atoms with Crippen LogP contribution in [0.25, 0.3) is 11.1 Å². The lowest BCUT2D eigenvalue weighted by Crippen LogP contribution is -2.16. The summed E-state index contributed by atoms with van der Waals surface area (Å²) in [6.45, 7) is 3.33. The van der Waals surface area contributed by atoms with Crippen LogP contribution in [0.2, 0.25) is 0 Å². The number of pyridine rings is 1. The van der Waals surface area contributed by atoms with Gasteiger partial charge in [-0.1, -0.05) is 12.1 Å². The predicted molar refractivity (Wildman–Crippen MR) is 91.5 cm³/mol. The average molecular weight is 342 g/mol. The normalized spacial score (nSPS) is 10.1. The molecule has 0 spiro atoms. The van der Waals surface area contributed by atoms with Crippen LogP contribution in [0.1, 0.15) is 32.1 Å². The molecule has 0 radical (unpaired) electrons. The standard InChI is InChI=1S/C18H18N2O5/c1-10-14(17(22)24-3)16(15(11(2)20-10)18(23)25-4)12-6-5-7-13(8-12)19-9-21/h5-9H,1-4H3,(H,19,21). The molecule has 0 aliphatic rings. The van der Waals surface area contributed by atoms with Gasteiger partial charge in [0.15, 0.2) is 0 Å². The summed E-state index contributed by atoms with van der Waals surface area (Å²) in [6, 6.07) is 6.77. The Morgan fingerprint density at radius 2 is 1.60 bits per heavy atom. The lowest BCUT2D eigenvalue weighted by Gasteiger charge is -2.17. The van der Waals surface area contributed by atoms with Gasteiger partial charge >= 0.3 is 11.9 Å². The summed E-state index contributed by atoms with van der Waals surface area (Å²) < 4.78 is 9.72. The van der Waals surface area contributed by atoms with Gasteiger partial charge < -0.3 is 14.8 Å². The average Bonchev–Trinajstić information content (AvgIpc) is 2.60. The van der Waals surface area contributed by atoms with Gasteiger partial charge in [-0.25, -0.2) is 9.59 Å². The molecule has 0 aliphatic heterocycles. The van der Waals surface area contributed by atoms with Crippen LogP contribution in [0.5, 0.6) is 0 Å². The van der Waals surface area contributed by atoms with Gasteiger partial charge in [0.1, 0.15) is 0 Å². The molecule has 0 saturated heterocycles. The fraction of sp³-hybridized carbons (Fsp3) is 0.222. The molecule has 25 heavy (non-hydrogen) atoms. The molecule has 1 heterocycles. The Bertz CT molecular complexity index is 805. The minimum absolute atomic E-state index is 0.178. The van der Waals surface area contributed by atoms with E-state index in [1.54, 1.807) is 38.1 Å². The monoisotopic (exact) mass is 342 g/mol. The van der Waals surface area contributed by atoms with E-state index in [9.17, 15) is 14.4 Å². The predicted octanol–water partition coefficient (Wildman–Crippen LogP) is 2.51. The van der Waals surface area contributed by atoms with Gasteiger partial charge in [0.05, 0.1) is 36.7 Å². The van der Waals surface area contributed by atoms with E-state index < -0.39 is 11.9 Å². The number of esters is 2. The van der Waals surface area contributed by atoms with Gasteiger partial charge in [0, 0.05) is 11.3 Å². The zero-order valence-corrected chi connectivity index (χ0v) is 14.4. The third-order valence-electron chi connectivity index (χ3n) is 3.71. The van der Waals surface area contributed by atoms with Crippen LogP contribution in [0, 0.1) is 13.8 Å². The highest BCUT2D eigenvalue weighted by molar-refractivity contribution is 6.07. The molecule has 2 aromatic rings. The van der Waals surface area contributed by atoms with Crippen LogP contribution in [0.3, 0.4) is 0 Å². The van der Waals surface area contributed by atoms with E-state index >= 15 is 0 Å². The van der Waals surface area contributed by atoms with Crippen molar-refractivity contribution in [3.63, 3.8) is 0 Å². The number of amides is 1. The number of aryl methyl sites for hydroxylation is 2. The lowest BCUT2D eigenvalue weighted by atomic mass is 9.92. The van der Waals surface area contributed by atoms with Crippen molar-refractivity contribution in [1.82, 2.24) is 4.98 Å². The van der Waals surface area contributed by atoms with Gasteiger partial charge in [-0.3, -0.25) is 9.78 Å². The van der Waals surface area contributed by atoms with Crippen LogP contribution < -0.4 is 5.32 Å². The Balaban J connectivity index is 2.88. The summed E-state index contributed by atoms with van der Waals surface area (Å²) in [6.07, 6.45) is 0.546. The molecule has 0 atom stereocenters. The smallest absolute Gasteiger partial charge is 0.340 e. The third-order valence-corrected chi connectivity index (χ3v) is 3.71. The van der Waals surface area contributed by atoms with Crippen LogP contribution in [0.15, 0.2) is 24.3 Å². The molecule has 0 bridgehead atoms. The number of hydrogen-bond acceptors (Lipinski definition) is 6. The minimum atomic E-state index is -0.612. The Morgan fingerprint density at radius 3 is 2.08 bits per heavy atom. The molecule has 0 aliphatic carbocycles. The van der Waals surface area contributed by atoms with Crippen molar-refractivity contribution in [3.05, 3.63) is 46.8 Å². The van der Waals surface area contributed by atoms with E-state index in [-0.39, 0.29) is 11.1 Å². The number of ether oxygens (including phenoxy) is 2. The van der Waals surface area contributed by atoms with E-state index in [0.29, 0.717) is 34.6 Å². The van der Waals surface area contributed by atoms with E-state index in [0.717, 1.165) is 0 Å². The molecular weight excluding hydrogens is 324 g/mol. The zero-order valence-electron chi connectivity index (χ0n) is 14.4. The van der Waals surface area contributed by atoms with E-state index in [1.165, 1.54) is 14.2 Å². The van der Waals surface area contributed by atoms with Crippen LogP contribution in [-0.2, 0) is 14.3 Å². The molecule has 2 rings (SSSR count). The van der Waals surface area contributed by atoms with Crippen molar-refractivity contribution in [1.29, 1.82) is 0 Å². The topological polar surface area (TPSA) is 94.6 Å². The maximum atomic E-state index is 12.3. The number of hydrogen-bond donors (Lipinski definition) is 1. The van der Waals surface area contributed by atoms with Gasteiger partial charge in [-0.05, 0) is 31.5 Å². The summed E-state index contributed by atoms with van der Waals surface area (Å²) in [5.74, 6) is -1.22. The maximum Gasteiger partial charge on any atom is 0.340 e. The number of carbonyl (C=O) groups excluding carboxylic acids is 3. The SMILES string of the molecule is COC(=O)c1c(C)nc(C)c(C(=O)OC)c1-c1cccc(NC=O)c1. The first-order chi connectivity index (χ1) is 11.9. The second-order valence-electron chi connectivity index (χ2n) is 5.23. The number of anilines is 1. The summed E-state index contributed by atoms with van der Waals surface area (Å²) >= 11 is 0. The number of benzene rings is 1. The Hall–Kier alpha value is -3.22. The van der Waals surface area contributed by atoms with Crippen LogP contribution in [-0.4, -0.2) is 37.6 Å². The molecule has 7 heteroatoms. The van der Waals surface area contributed by atoms with E-state index in [2.05, 4.69) is 10.3 Å². The number of aromatic nitrogens is 1. The largest absolute Gasteiger partial charge is 0.465 e. The highest BCUT2D eigenvalue weighted by atomic mass is 16.5. The van der Waals surface area contributed by atoms with Crippen molar-refractivity contribution in [2.24, 2.45) is 0 Å².